The van der Waals surface area contributed by atoms with Gasteiger partial charge in [0.2, 0.25) is 10.0 Å². The van der Waals surface area contributed by atoms with Gasteiger partial charge in [-0.05, 0) is 48.7 Å². The Morgan fingerprint density at radius 2 is 1.62 bits per heavy atom. The number of nitrogens with one attached hydrogen (secondary N) is 1. The van der Waals surface area contributed by atoms with Crippen molar-refractivity contribution in [3.05, 3.63) is 54.6 Å². The van der Waals surface area contributed by atoms with Gasteiger partial charge in [0, 0.05) is 0 Å². The molecule has 1 atom stereocenters. The van der Waals surface area contributed by atoms with Gasteiger partial charge >= 0.3 is 5.97 Å². The second-order valence-corrected chi connectivity index (χ2v) is 7.93. The molecular weight excluding hydrogens is 354 g/mol. The molecule has 0 aliphatic carbocycles. The van der Waals surface area contributed by atoms with Gasteiger partial charge in [0.15, 0.2) is 0 Å². The average molecular weight is 377 g/mol. The van der Waals surface area contributed by atoms with Gasteiger partial charge in [-0.2, -0.15) is 4.72 Å². The molecule has 0 fully saturated rings. The molecule has 0 spiro atoms. The monoisotopic (exact) mass is 377 g/mol. The molecule has 0 saturated heterocycles. The Balaban J connectivity index is 2.18. The van der Waals surface area contributed by atoms with E-state index in [1.807, 2.05) is 13.8 Å². The van der Waals surface area contributed by atoms with Crippen LogP contribution in [0.25, 0.3) is 0 Å². The number of ether oxygens (including phenoxy) is 2. The zero-order valence-electron chi connectivity index (χ0n) is 15.0. The Bertz CT molecular complexity index is 817. The summed E-state index contributed by atoms with van der Waals surface area (Å²) in [5.74, 6) is 0.380. The molecule has 2 aromatic carbocycles. The molecular formula is C19H23NO5S. The van der Waals surface area contributed by atoms with E-state index >= 15 is 0 Å². The van der Waals surface area contributed by atoms with Crippen LogP contribution < -0.4 is 14.2 Å². The Kier molecular flexibility index (Phi) is 6.76. The fraction of sp³-hybridized carbons (Fsp3) is 0.316. The number of methoxy groups -OCH3 is 1. The van der Waals surface area contributed by atoms with E-state index in [4.69, 9.17) is 9.47 Å². The normalized spacial score (nSPS) is 12.6. The van der Waals surface area contributed by atoms with E-state index in [9.17, 15) is 13.2 Å². The fourth-order valence-electron chi connectivity index (χ4n) is 2.35. The van der Waals surface area contributed by atoms with Gasteiger partial charge in [-0.15, -0.1) is 0 Å². The topological polar surface area (TPSA) is 81.7 Å². The van der Waals surface area contributed by atoms with Gasteiger partial charge < -0.3 is 9.47 Å². The van der Waals surface area contributed by atoms with E-state index in [-0.39, 0.29) is 10.8 Å². The summed E-state index contributed by atoms with van der Waals surface area (Å²) in [6, 6.07) is 13.5. The van der Waals surface area contributed by atoms with Crippen LogP contribution in [0, 0.1) is 5.92 Å². The van der Waals surface area contributed by atoms with Crippen molar-refractivity contribution in [1.82, 2.24) is 4.72 Å². The Morgan fingerprint density at radius 1 is 1.00 bits per heavy atom. The van der Waals surface area contributed by atoms with Crippen molar-refractivity contribution >= 4 is 16.0 Å². The zero-order valence-corrected chi connectivity index (χ0v) is 15.8. The fourth-order valence-corrected chi connectivity index (χ4v) is 3.55. The molecule has 0 saturated carbocycles. The first-order valence-electron chi connectivity index (χ1n) is 8.25. The molecule has 6 nitrogen and oxygen atoms in total. The van der Waals surface area contributed by atoms with Crippen LogP contribution in [0.15, 0.2) is 59.5 Å². The summed E-state index contributed by atoms with van der Waals surface area (Å²) >= 11 is 0. The summed E-state index contributed by atoms with van der Waals surface area (Å²) in [5, 5.41) is 0. The van der Waals surface area contributed by atoms with Gasteiger partial charge in [0.25, 0.3) is 0 Å². The number of rotatable bonds is 8. The minimum Gasteiger partial charge on any atom is -0.497 e. The van der Waals surface area contributed by atoms with Gasteiger partial charge in [-0.25, -0.2) is 13.2 Å². The van der Waals surface area contributed by atoms with Crippen molar-refractivity contribution in [1.29, 1.82) is 0 Å². The third kappa shape index (κ3) is 5.57. The van der Waals surface area contributed by atoms with E-state index in [0.29, 0.717) is 17.9 Å². The van der Waals surface area contributed by atoms with Gasteiger partial charge in [-0.1, -0.05) is 32.0 Å². The molecule has 0 aliphatic heterocycles. The first-order chi connectivity index (χ1) is 12.3. The largest absolute Gasteiger partial charge is 0.497 e. The van der Waals surface area contributed by atoms with Crippen molar-refractivity contribution in [3.8, 4) is 11.5 Å². The number of carbonyl (C=O) groups is 1. The number of benzene rings is 2. The number of esters is 1. The van der Waals surface area contributed by atoms with Crippen molar-refractivity contribution < 1.29 is 22.7 Å². The minimum atomic E-state index is -3.87. The maximum absolute atomic E-state index is 12.6. The lowest BCUT2D eigenvalue weighted by atomic mass is 10.1. The molecule has 0 heterocycles. The molecule has 2 rings (SSSR count). The quantitative estimate of drug-likeness (QED) is 0.565. The van der Waals surface area contributed by atoms with E-state index in [1.54, 1.807) is 42.5 Å². The molecule has 2 aromatic rings. The average Bonchev–Trinajstić information content (AvgIpc) is 2.61. The molecule has 0 amide bonds. The number of sulfonamides is 1. The maximum atomic E-state index is 12.6. The Hall–Kier alpha value is -2.38. The summed E-state index contributed by atoms with van der Waals surface area (Å²) in [6.45, 7) is 3.81. The van der Waals surface area contributed by atoms with Crippen LogP contribution in [-0.2, 0) is 14.8 Å². The lowest BCUT2D eigenvalue weighted by Gasteiger charge is -2.19. The maximum Gasteiger partial charge on any atom is 0.329 e. The van der Waals surface area contributed by atoms with Gasteiger partial charge in [0.05, 0.1) is 12.0 Å². The molecule has 26 heavy (non-hydrogen) atoms. The van der Waals surface area contributed by atoms with Gasteiger partial charge in [-0.3, -0.25) is 0 Å². The Morgan fingerprint density at radius 3 is 2.15 bits per heavy atom. The molecule has 0 aliphatic rings. The SMILES string of the molecule is COc1ccc(S(=O)(=O)N[C@@H](CC(C)C)C(=O)Oc2ccccc2)cc1. The summed E-state index contributed by atoms with van der Waals surface area (Å²) in [5.41, 5.74) is 0. The molecule has 7 heteroatoms. The van der Waals surface area contributed by atoms with Crippen molar-refractivity contribution in [3.63, 3.8) is 0 Å². The smallest absolute Gasteiger partial charge is 0.329 e. The van der Waals surface area contributed by atoms with Crippen LogP contribution in [0.3, 0.4) is 0 Å². The summed E-state index contributed by atoms with van der Waals surface area (Å²) < 4.78 is 38.0. The predicted molar refractivity (Wildman–Crippen MR) is 98.6 cm³/mol. The van der Waals surface area contributed by atoms with Crippen LogP contribution in [-0.4, -0.2) is 27.5 Å². The minimum absolute atomic E-state index is 0.0552. The molecule has 0 radical (unpaired) electrons. The number of carbonyl (C=O) groups excluding carboxylic acids is 1. The molecule has 0 unspecified atom stereocenters. The standard InChI is InChI=1S/C19H23NO5S/c1-14(2)13-18(19(21)25-16-7-5-4-6-8-16)20-26(22,23)17-11-9-15(24-3)10-12-17/h4-12,14,18,20H,13H2,1-3H3/t18-/m0/s1. The highest BCUT2D eigenvalue weighted by Gasteiger charge is 2.28. The first-order valence-corrected chi connectivity index (χ1v) is 9.73. The van der Waals surface area contributed by atoms with Crippen LogP contribution in [0.1, 0.15) is 20.3 Å². The lowest BCUT2D eigenvalue weighted by Crippen LogP contribution is -2.43. The van der Waals surface area contributed by atoms with Crippen molar-refractivity contribution in [2.24, 2.45) is 5.92 Å². The number of hydrogen-bond donors (Lipinski definition) is 1. The molecule has 140 valence electrons. The van der Waals surface area contributed by atoms with Crippen LogP contribution in [0.5, 0.6) is 11.5 Å². The van der Waals surface area contributed by atoms with Crippen LogP contribution in [0.4, 0.5) is 0 Å². The molecule has 0 aromatic heterocycles. The predicted octanol–water partition coefficient (Wildman–Crippen LogP) is 2.99. The first kappa shape index (κ1) is 19.9. The highest BCUT2D eigenvalue weighted by atomic mass is 32.2. The highest BCUT2D eigenvalue weighted by molar-refractivity contribution is 7.89. The number of para-hydroxylation sites is 1. The van der Waals surface area contributed by atoms with Crippen LogP contribution in [0.2, 0.25) is 0 Å². The van der Waals surface area contributed by atoms with Crippen LogP contribution >= 0.6 is 0 Å². The van der Waals surface area contributed by atoms with Crippen molar-refractivity contribution in [2.45, 2.75) is 31.2 Å². The van der Waals surface area contributed by atoms with E-state index in [0.717, 1.165) is 0 Å². The van der Waals surface area contributed by atoms with E-state index in [1.165, 1.54) is 19.2 Å². The zero-order chi connectivity index (χ0) is 19.2. The summed E-state index contributed by atoms with van der Waals surface area (Å²) in [4.78, 5) is 12.5. The van der Waals surface area contributed by atoms with E-state index < -0.39 is 22.0 Å². The van der Waals surface area contributed by atoms with E-state index in [2.05, 4.69) is 4.72 Å². The van der Waals surface area contributed by atoms with Crippen molar-refractivity contribution in [2.75, 3.05) is 7.11 Å². The lowest BCUT2D eigenvalue weighted by molar-refractivity contribution is -0.136. The second-order valence-electron chi connectivity index (χ2n) is 6.21. The molecule has 1 N–H and O–H groups in total. The Labute approximate surface area is 154 Å². The molecule has 0 bridgehead atoms. The van der Waals surface area contributed by atoms with Gasteiger partial charge in [0.1, 0.15) is 17.5 Å². The summed E-state index contributed by atoms with van der Waals surface area (Å²) in [6.07, 6.45) is 0.320. The second kappa shape index (κ2) is 8.82. The third-order valence-corrected chi connectivity index (χ3v) is 5.11. The summed E-state index contributed by atoms with van der Waals surface area (Å²) in [7, 11) is -2.37. The number of hydrogen-bond acceptors (Lipinski definition) is 5. The third-order valence-electron chi connectivity index (χ3n) is 3.62. The highest BCUT2D eigenvalue weighted by Crippen LogP contribution is 2.18.